The van der Waals surface area contributed by atoms with E-state index in [-0.39, 0.29) is 6.10 Å². The van der Waals surface area contributed by atoms with Gasteiger partial charge in [0.1, 0.15) is 17.5 Å². The average Bonchev–Trinajstić information content (AvgIpc) is 2.53. The summed E-state index contributed by atoms with van der Waals surface area (Å²) in [4.78, 5) is 11.3. The summed E-state index contributed by atoms with van der Waals surface area (Å²) in [6.45, 7) is 7.02. The van der Waals surface area contributed by atoms with E-state index in [9.17, 15) is 0 Å². The molecule has 2 rings (SSSR count). The van der Waals surface area contributed by atoms with Crippen molar-refractivity contribution in [3.63, 3.8) is 0 Å². The van der Waals surface area contributed by atoms with E-state index < -0.39 is 0 Å². The number of aromatic nitrogens is 2. The molecule has 1 atom stereocenters. The van der Waals surface area contributed by atoms with Gasteiger partial charge in [0.2, 0.25) is 0 Å². The van der Waals surface area contributed by atoms with Crippen LogP contribution in [0.1, 0.15) is 32.5 Å². The van der Waals surface area contributed by atoms with Gasteiger partial charge in [0.25, 0.3) is 0 Å². The average molecular weight is 289 g/mol. The van der Waals surface area contributed by atoms with Crippen molar-refractivity contribution < 1.29 is 4.74 Å². The Hall–Kier alpha value is -1.87. The molecule has 6 nitrogen and oxygen atoms in total. The lowest BCUT2D eigenvalue weighted by molar-refractivity contribution is 0.0761. The topological polar surface area (TPSA) is 74.1 Å². The van der Waals surface area contributed by atoms with Crippen LogP contribution < -0.4 is 10.2 Å². The van der Waals surface area contributed by atoms with Crippen molar-refractivity contribution in [1.29, 1.82) is 5.26 Å². The first kappa shape index (κ1) is 15.5. The van der Waals surface area contributed by atoms with Crippen LogP contribution in [0.3, 0.4) is 0 Å². The maximum absolute atomic E-state index is 9.02. The molecule has 0 saturated carbocycles. The molecule has 0 spiro atoms. The molecule has 2 heterocycles. The normalized spacial score (nSPS) is 18.3. The fourth-order valence-electron chi connectivity index (χ4n) is 2.26. The van der Waals surface area contributed by atoms with Crippen LogP contribution in [0.25, 0.3) is 0 Å². The number of hydrogen-bond donors (Lipinski definition) is 1. The van der Waals surface area contributed by atoms with Gasteiger partial charge in [0.15, 0.2) is 6.10 Å². The van der Waals surface area contributed by atoms with Crippen LogP contribution in [0.5, 0.6) is 0 Å². The molecular formula is C15H23N5O. The lowest BCUT2D eigenvalue weighted by atomic mass is 10.2. The summed E-state index contributed by atoms with van der Waals surface area (Å²) in [5.41, 5.74) is 0. The second kappa shape index (κ2) is 7.79. The highest BCUT2D eigenvalue weighted by molar-refractivity contribution is 5.50. The lowest BCUT2D eigenvalue weighted by Gasteiger charge is -2.31. The van der Waals surface area contributed by atoms with Gasteiger partial charge in [-0.3, -0.25) is 0 Å². The van der Waals surface area contributed by atoms with E-state index in [1.807, 2.05) is 6.07 Å². The summed E-state index contributed by atoms with van der Waals surface area (Å²) in [7, 11) is 0. The maximum Gasteiger partial charge on any atom is 0.161 e. The third-order valence-corrected chi connectivity index (χ3v) is 3.32. The predicted molar refractivity (Wildman–Crippen MR) is 82.4 cm³/mol. The van der Waals surface area contributed by atoms with E-state index in [4.69, 9.17) is 10.00 Å². The predicted octanol–water partition coefficient (Wildman–Crippen LogP) is 1.98. The number of aryl methyl sites for hydroxylation is 1. The summed E-state index contributed by atoms with van der Waals surface area (Å²) in [6, 6.07) is 4.14. The molecule has 114 valence electrons. The van der Waals surface area contributed by atoms with Crippen molar-refractivity contribution in [3.05, 3.63) is 11.9 Å². The smallest absolute Gasteiger partial charge is 0.161 e. The number of nitriles is 1. The van der Waals surface area contributed by atoms with Crippen molar-refractivity contribution in [3.8, 4) is 6.07 Å². The van der Waals surface area contributed by atoms with Gasteiger partial charge >= 0.3 is 0 Å². The van der Waals surface area contributed by atoms with Crippen LogP contribution in [0.4, 0.5) is 11.6 Å². The molecule has 6 heteroatoms. The second-order valence-corrected chi connectivity index (χ2v) is 5.14. The van der Waals surface area contributed by atoms with Crippen LogP contribution in [-0.4, -0.2) is 42.3 Å². The minimum Gasteiger partial charge on any atom is -0.370 e. The molecule has 0 bridgehead atoms. The Kier molecular flexibility index (Phi) is 5.76. The molecule has 0 amide bonds. The number of nitrogens with one attached hydrogen (secondary N) is 1. The summed E-state index contributed by atoms with van der Waals surface area (Å²) in [6.07, 6.45) is 2.55. The quantitative estimate of drug-likeness (QED) is 0.863. The monoisotopic (exact) mass is 289 g/mol. The Labute approximate surface area is 126 Å². The number of rotatable bonds is 6. The van der Waals surface area contributed by atoms with E-state index in [2.05, 4.69) is 40.1 Å². The first-order valence-corrected chi connectivity index (χ1v) is 7.64. The molecule has 1 saturated heterocycles. The van der Waals surface area contributed by atoms with Crippen LogP contribution in [0.15, 0.2) is 6.07 Å². The molecule has 21 heavy (non-hydrogen) atoms. The van der Waals surface area contributed by atoms with Gasteiger partial charge in [-0.05, 0) is 12.8 Å². The van der Waals surface area contributed by atoms with Crippen molar-refractivity contribution in [2.75, 3.05) is 36.5 Å². The molecule has 1 fully saturated rings. The third-order valence-electron chi connectivity index (χ3n) is 3.32. The Balaban J connectivity index is 2.20. The summed E-state index contributed by atoms with van der Waals surface area (Å²) >= 11 is 0. The Morgan fingerprint density at radius 3 is 3.00 bits per heavy atom. The molecule has 0 aromatic carbocycles. The van der Waals surface area contributed by atoms with Gasteiger partial charge in [0.05, 0.1) is 19.2 Å². The number of nitrogens with zero attached hydrogens (tertiary/aromatic N) is 4. The van der Waals surface area contributed by atoms with Gasteiger partial charge < -0.3 is 15.0 Å². The van der Waals surface area contributed by atoms with Gasteiger partial charge in [-0.1, -0.05) is 13.8 Å². The molecule has 1 aliphatic heterocycles. The van der Waals surface area contributed by atoms with Gasteiger partial charge in [-0.2, -0.15) is 5.26 Å². The second-order valence-electron chi connectivity index (χ2n) is 5.14. The van der Waals surface area contributed by atoms with Crippen LogP contribution >= 0.6 is 0 Å². The SMILES string of the molecule is CCCNc1cc(N2CCOC(C#N)C2)nc(CCC)n1. The highest BCUT2D eigenvalue weighted by atomic mass is 16.5. The van der Waals surface area contributed by atoms with Crippen LogP contribution in [-0.2, 0) is 11.2 Å². The molecule has 1 aliphatic rings. The zero-order chi connectivity index (χ0) is 15.1. The standard InChI is InChI=1S/C15H23N5O/c1-3-5-13-18-14(17-6-4-2)9-15(19-13)20-7-8-21-12(10-16)11-20/h9,12H,3-8,11H2,1-2H3,(H,17,18,19). The van der Waals surface area contributed by atoms with Gasteiger partial charge in [-0.25, -0.2) is 9.97 Å². The summed E-state index contributed by atoms with van der Waals surface area (Å²) < 4.78 is 5.39. The van der Waals surface area contributed by atoms with E-state index in [0.717, 1.165) is 49.8 Å². The molecular weight excluding hydrogens is 266 g/mol. The number of anilines is 2. The molecule has 1 unspecified atom stereocenters. The van der Waals surface area contributed by atoms with E-state index >= 15 is 0 Å². The summed E-state index contributed by atoms with van der Waals surface area (Å²) in [5.74, 6) is 2.61. The number of hydrogen-bond acceptors (Lipinski definition) is 6. The fraction of sp³-hybridized carbons (Fsp3) is 0.667. The van der Waals surface area contributed by atoms with Crippen molar-refractivity contribution in [2.24, 2.45) is 0 Å². The highest BCUT2D eigenvalue weighted by Gasteiger charge is 2.22. The Morgan fingerprint density at radius 1 is 1.43 bits per heavy atom. The number of ether oxygens (including phenoxy) is 1. The fourth-order valence-corrected chi connectivity index (χ4v) is 2.26. The van der Waals surface area contributed by atoms with Gasteiger partial charge in [0, 0.05) is 25.6 Å². The molecule has 1 aromatic heterocycles. The largest absolute Gasteiger partial charge is 0.370 e. The highest BCUT2D eigenvalue weighted by Crippen LogP contribution is 2.19. The van der Waals surface area contributed by atoms with Crippen molar-refractivity contribution >= 4 is 11.6 Å². The zero-order valence-corrected chi connectivity index (χ0v) is 12.8. The maximum atomic E-state index is 9.02. The van der Waals surface area contributed by atoms with Gasteiger partial charge in [-0.15, -0.1) is 0 Å². The Morgan fingerprint density at radius 2 is 2.29 bits per heavy atom. The van der Waals surface area contributed by atoms with E-state index in [0.29, 0.717) is 13.2 Å². The first-order chi connectivity index (χ1) is 10.3. The van der Waals surface area contributed by atoms with Crippen molar-refractivity contribution in [1.82, 2.24) is 9.97 Å². The minimum atomic E-state index is -0.379. The molecule has 1 N–H and O–H groups in total. The molecule has 0 radical (unpaired) electrons. The summed E-state index contributed by atoms with van der Waals surface area (Å²) in [5, 5.41) is 12.3. The first-order valence-electron chi connectivity index (χ1n) is 7.64. The minimum absolute atomic E-state index is 0.379. The van der Waals surface area contributed by atoms with E-state index in [1.54, 1.807) is 0 Å². The molecule has 1 aromatic rings. The van der Waals surface area contributed by atoms with Crippen LogP contribution in [0.2, 0.25) is 0 Å². The lowest BCUT2D eigenvalue weighted by Crippen LogP contribution is -2.42. The van der Waals surface area contributed by atoms with E-state index in [1.165, 1.54) is 0 Å². The molecule has 0 aliphatic carbocycles. The zero-order valence-electron chi connectivity index (χ0n) is 12.8. The number of morpholine rings is 1. The van der Waals surface area contributed by atoms with Crippen LogP contribution in [0, 0.1) is 11.3 Å². The van der Waals surface area contributed by atoms with Crippen molar-refractivity contribution in [2.45, 2.75) is 39.2 Å². The Bertz CT molecular complexity index is 499. The third kappa shape index (κ3) is 4.30.